The maximum absolute atomic E-state index is 12.5. The van der Waals surface area contributed by atoms with Crippen LogP contribution in [0.25, 0.3) is 0 Å². The number of amides is 2. The number of imide groups is 1. The fourth-order valence-corrected chi connectivity index (χ4v) is 3.19. The smallest absolute Gasteiger partial charge is 0.261 e. The number of rotatable bonds is 5. The molecule has 0 saturated heterocycles. The third-order valence-electron chi connectivity index (χ3n) is 4.73. The molecule has 0 aromatic heterocycles. The van der Waals surface area contributed by atoms with Gasteiger partial charge in [-0.1, -0.05) is 54.6 Å². The first-order valence-electron chi connectivity index (χ1n) is 8.85. The quantitative estimate of drug-likeness (QED) is 0.637. The summed E-state index contributed by atoms with van der Waals surface area (Å²) in [6.45, 7) is 2.75. The number of ether oxygens (including phenoxy) is 1. The van der Waals surface area contributed by atoms with Crippen molar-refractivity contribution in [2.75, 3.05) is 0 Å². The van der Waals surface area contributed by atoms with Crippen LogP contribution in [0.1, 0.15) is 37.4 Å². The second-order valence-electron chi connectivity index (χ2n) is 6.61. The minimum Gasteiger partial charge on any atom is -0.489 e. The molecule has 1 aliphatic heterocycles. The molecular weight excluding hydrogens is 338 g/mol. The molecule has 0 fully saturated rings. The van der Waals surface area contributed by atoms with E-state index >= 15 is 0 Å². The summed E-state index contributed by atoms with van der Waals surface area (Å²) >= 11 is 0. The molecule has 4 rings (SSSR count). The van der Waals surface area contributed by atoms with Crippen molar-refractivity contribution < 1.29 is 14.3 Å². The van der Waals surface area contributed by atoms with E-state index in [-0.39, 0.29) is 18.4 Å². The number of hydrogen-bond donors (Lipinski definition) is 0. The number of fused-ring (bicyclic) bond motifs is 1. The van der Waals surface area contributed by atoms with Crippen LogP contribution in [-0.2, 0) is 13.2 Å². The molecule has 3 aromatic rings. The van der Waals surface area contributed by atoms with Crippen LogP contribution in [-0.4, -0.2) is 16.7 Å². The van der Waals surface area contributed by atoms with E-state index in [0.29, 0.717) is 17.7 Å². The van der Waals surface area contributed by atoms with E-state index in [2.05, 4.69) is 0 Å². The summed E-state index contributed by atoms with van der Waals surface area (Å²) in [6.07, 6.45) is 0. The van der Waals surface area contributed by atoms with Crippen LogP contribution < -0.4 is 4.74 Å². The van der Waals surface area contributed by atoms with E-state index in [4.69, 9.17) is 4.74 Å². The molecule has 4 heteroatoms. The SMILES string of the molecule is Cc1ccccc1OCc1ccc(CN2C(=O)c3ccccc3C2=O)cc1. The lowest BCUT2D eigenvalue weighted by Gasteiger charge is -2.14. The van der Waals surface area contributed by atoms with Crippen LogP contribution in [0.2, 0.25) is 0 Å². The van der Waals surface area contributed by atoms with E-state index in [1.165, 1.54) is 4.90 Å². The van der Waals surface area contributed by atoms with E-state index in [9.17, 15) is 9.59 Å². The fourth-order valence-electron chi connectivity index (χ4n) is 3.19. The van der Waals surface area contributed by atoms with Crippen molar-refractivity contribution in [3.63, 3.8) is 0 Å². The van der Waals surface area contributed by atoms with Gasteiger partial charge in [-0.2, -0.15) is 0 Å². The van der Waals surface area contributed by atoms with Crippen molar-refractivity contribution >= 4 is 11.8 Å². The van der Waals surface area contributed by atoms with Gasteiger partial charge >= 0.3 is 0 Å². The van der Waals surface area contributed by atoms with Crippen molar-refractivity contribution in [1.82, 2.24) is 4.90 Å². The van der Waals surface area contributed by atoms with Gasteiger partial charge in [0.25, 0.3) is 11.8 Å². The number of hydrogen-bond acceptors (Lipinski definition) is 3. The van der Waals surface area contributed by atoms with Crippen LogP contribution in [0.3, 0.4) is 0 Å². The molecule has 27 heavy (non-hydrogen) atoms. The fraction of sp³-hybridized carbons (Fsp3) is 0.130. The highest BCUT2D eigenvalue weighted by molar-refractivity contribution is 6.21. The predicted molar refractivity (Wildman–Crippen MR) is 103 cm³/mol. The maximum Gasteiger partial charge on any atom is 0.261 e. The van der Waals surface area contributed by atoms with Gasteiger partial charge in [-0.3, -0.25) is 14.5 Å². The summed E-state index contributed by atoms with van der Waals surface area (Å²) in [5, 5.41) is 0. The van der Waals surface area contributed by atoms with Crippen LogP contribution >= 0.6 is 0 Å². The Morgan fingerprint density at radius 3 is 1.93 bits per heavy atom. The van der Waals surface area contributed by atoms with Crippen LogP contribution in [0.15, 0.2) is 72.8 Å². The predicted octanol–water partition coefficient (Wildman–Crippen LogP) is 4.37. The standard InChI is InChI=1S/C23H19NO3/c1-16-6-2-5-9-21(16)27-15-18-12-10-17(11-13-18)14-24-22(25)19-7-3-4-8-20(19)23(24)26/h2-13H,14-15H2,1H3. The first-order valence-corrected chi connectivity index (χ1v) is 8.85. The largest absolute Gasteiger partial charge is 0.489 e. The van der Waals surface area contributed by atoms with Gasteiger partial charge in [0.2, 0.25) is 0 Å². The summed E-state index contributed by atoms with van der Waals surface area (Å²) in [5.74, 6) is 0.401. The van der Waals surface area contributed by atoms with Gasteiger partial charge in [-0.15, -0.1) is 0 Å². The highest BCUT2D eigenvalue weighted by Gasteiger charge is 2.34. The zero-order valence-corrected chi connectivity index (χ0v) is 15.0. The van der Waals surface area contributed by atoms with Crippen molar-refractivity contribution in [3.8, 4) is 5.75 Å². The molecule has 0 N–H and O–H groups in total. The van der Waals surface area contributed by atoms with Gasteiger partial charge in [0.15, 0.2) is 0 Å². The lowest BCUT2D eigenvalue weighted by molar-refractivity contribution is 0.0642. The van der Waals surface area contributed by atoms with E-state index in [0.717, 1.165) is 22.4 Å². The Labute approximate surface area is 158 Å². The molecule has 0 radical (unpaired) electrons. The minimum atomic E-state index is -0.234. The van der Waals surface area contributed by atoms with Gasteiger partial charge in [0, 0.05) is 0 Å². The summed E-state index contributed by atoms with van der Waals surface area (Å²) in [6, 6.07) is 22.6. The second kappa shape index (κ2) is 7.08. The summed E-state index contributed by atoms with van der Waals surface area (Å²) < 4.78 is 5.85. The van der Waals surface area contributed by atoms with E-state index in [1.807, 2.05) is 55.5 Å². The third-order valence-corrected chi connectivity index (χ3v) is 4.73. The molecular formula is C23H19NO3. The van der Waals surface area contributed by atoms with Crippen molar-refractivity contribution in [2.24, 2.45) is 0 Å². The van der Waals surface area contributed by atoms with Gasteiger partial charge in [-0.25, -0.2) is 0 Å². The second-order valence-corrected chi connectivity index (χ2v) is 6.61. The molecule has 0 saturated carbocycles. The number of carbonyl (C=O) groups is 2. The van der Waals surface area contributed by atoms with Gasteiger partial charge in [0.1, 0.15) is 12.4 Å². The monoisotopic (exact) mass is 357 g/mol. The number of para-hydroxylation sites is 1. The number of benzene rings is 3. The zero-order chi connectivity index (χ0) is 18.8. The Kier molecular flexibility index (Phi) is 4.47. The molecule has 4 nitrogen and oxygen atoms in total. The van der Waals surface area contributed by atoms with Crippen molar-refractivity contribution in [1.29, 1.82) is 0 Å². The van der Waals surface area contributed by atoms with E-state index < -0.39 is 0 Å². The molecule has 0 unspecified atom stereocenters. The van der Waals surface area contributed by atoms with Gasteiger partial charge < -0.3 is 4.74 Å². The zero-order valence-electron chi connectivity index (χ0n) is 15.0. The lowest BCUT2D eigenvalue weighted by atomic mass is 10.1. The van der Waals surface area contributed by atoms with Gasteiger partial charge in [-0.05, 0) is 41.8 Å². The highest BCUT2D eigenvalue weighted by atomic mass is 16.5. The molecule has 0 spiro atoms. The Balaban J connectivity index is 1.42. The molecule has 1 aliphatic rings. The molecule has 1 heterocycles. The number of aryl methyl sites for hydroxylation is 1. The summed E-state index contributed by atoms with van der Waals surface area (Å²) in [4.78, 5) is 26.2. The molecule has 2 amide bonds. The van der Waals surface area contributed by atoms with Gasteiger partial charge in [0.05, 0.1) is 17.7 Å². The first kappa shape index (κ1) is 17.0. The van der Waals surface area contributed by atoms with Crippen molar-refractivity contribution in [2.45, 2.75) is 20.1 Å². The lowest BCUT2D eigenvalue weighted by Crippen LogP contribution is -2.29. The molecule has 0 aliphatic carbocycles. The van der Waals surface area contributed by atoms with Crippen LogP contribution in [0, 0.1) is 6.92 Å². The molecule has 0 atom stereocenters. The Morgan fingerprint density at radius 2 is 1.30 bits per heavy atom. The summed E-state index contributed by atoms with van der Waals surface area (Å²) in [5.41, 5.74) is 3.99. The first-order chi connectivity index (χ1) is 13.1. The normalized spacial score (nSPS) is 13.0. The molecule has 3 aromatic carbocycles. The third kappa shape index (κ3) is 3.34. The average molecular weight is 357 g/mol. The minimum absolute atomic E-state index is 0.234. The number of carbonyl (C=O) groups excluding carboxylic acids is 2. The average Bonchev–Trinajstić information content (AvgIpc) is 2.94. The molecule has 0 bridgehead atoms. The number of nitrogens with zero attached hydrogens (tertiary/aromatic N) is 1. The Bertz CT molecular complexity index is 973. The topological polar surface area (TPSA) is 46.6 Å². The van der Waals surface area contributed by atoms with E-state index in [1.54, 1.807) is 24.3 Å². The summed E-state index contributed by atoms with van der Waals surface area (Å²) in [7, 11) is 0. The Hall–Kier alpha value is -3.40. The Morgan fingerprint density at radius 1 is 0.741 bits per heavy atom. The van der Waals surface area contributed by atoms with Crippen LogP contribution in [0.5, 0.6) is 5.75 Å². The molecule has 134 valence electrons. The maximum atomic E-state index is 12.5. The van der Waals surface area contributed by atoms with Crippen molar-refractivity contribution in [3.05, 3.63) is 101 Å². The van der Waals surface area contributed by atoms with Crippen LogP contribution in [0.4, 0.5) is 0 Å². The highest BCUT2D eigenvalue weighted by Crippen LogP contribution is 2.24.